The molecule has 1 fully saturated rings. The molecule has 114 valence electrons. The van der Waals surface area contributed by atoms with Crippen LogP contribution in [0.1, 0.15) is 44.5 Å². The monoisotopic (exact) mass is 286 g/mol. The minimum Gasteiger partial charge on any atom is -0.326 e. The summed E-state index contributed by atoms with van der Waals surface area (Å²) in [6.45, 7) is 6.40. The van der Waals surface area contributed by atoms with Crippen molar-refractivity contribution in [3.8, 4) is 0 Å². The first-order valence-electron chi connectivity index (χ1n) is 8.09. The Morgan fingerprint density at radius 1 is 1.33 bits per heavy atom. The van der Waals surface area contributed by atoms with Crippen molar-refractivity contribution in [2.45, 2.75) is 58.2 Å². The molecule has 1 unspecified atom stereocenters. The summed E-state index contributed by atoms with van der Waals surface area (Å²) in [6, 6.07) is 5.42. The number of likely N-dealkylation sites (tertiary alicyclic amines) is 1. The van der Waals surface area contributed by atoms with E-state index in [-0.39, 0.29) is 0 Å². The van der Waals surface area contributed by atoms with E-state index in [0.29, 0.717) is 18.6 Å². The molecule has 0 saturated carbocycles. The van der Waals surface area contributed by atoms with E-state index in [1.807, 2.05) is 6.20 Å². The Bertz CT molecular complexity index is 602. The van der Waals surface area contributed by atoms with Crippen LogP contribution in [0.2, 0.25) is 0 Å². The number of hydrogen-bond donors (Lipinski definition) is 1. The van der Waals surface area contributed by atoms with Gasteiger partial charge in [-0.25, -0.2) is 4.98 Å². The third-order valence-corrected chi connectivity index (χ3v) is 4.66. The Morgan fingerprint density at radius 2 is 2.19 bits per heavy atom. The molecule has 0 amide bonds. The first kappa shape index (κ1) is 14.5. The maximum atomic E-state index is 5.76. The van der Waals surface area contributed by atoms with Gasteiger partial charge >= 0.3 is 0 Å². The second kappa shape index (κ2) is 6.16. The van der Waals surface area contributed by atoms with E-state index in [4.69, 9.17) is 5.73 Å². The van der Waals surface area contributed by atoms with E-state index in [1.165, 1.54) is 25.8 Å². The highest BCUT2D eigenvalue weighted by atomic mass is 15.2. The van der Waals surface area contributed by atoms with Crippen molar-refractivity contribution in [3.63, 3.8) is 0 Å². The van der Waals surface area contributed by atoms with E-state index in [0.717, 1.165) is 23.3 Å². The Labute approximate surface area is 127 Å². The first-order valence-corrected chi connectivity index (χ1v) is 8.09. The van der Waals surface area contributed by atoms with E-state index >= 15 is 0 Å². The van der Waals surface area contributed by atoms with Crippen LogP contribution in [-0.2, 0) is 13.0 Å². The topological polar surface area (TPSA) is 46.6 Å². The molecule has 0 aliphatic carbocycles. The van der Waals surface area contributed by atoms with Crippen molar-refractivity contribution >= 4 is 5.52 Å². The second-order valence-electron chi connectivity index (χ2n) is 6.40. The fourth-order valence-corrected chi connectivity index (χ4v) is 3.49. The van der Waals surface area contributed by atoms with Crippen molar-refractivity contribution in [1.29, 1.82) is 0 Å². The number of hydrogen-bond acceptors (Lipinski definition) is 3. The summed E-state index contributed by atoms with van der Waals surface area (Å²) in [5.74, 6) is 1.16. The SMILES string of the molecule is CC(C)N1CCCCC1Cc1ncc2ccc(CN)cn12. The molecule has 3 rings (SSSR count). The maximum absolute atomic E-state index is 5.76. The van der Waals surface area contributed by atoms with Gasteiger partial charge in [-0.15, -0.1) is 0 Å². The molecular weight excluding hydrogens is 260 g/mol. The number of piperidine rings is 1. The van der Waals surface area contributed by atoms with Crippen LogP contribution in [-0.4, -0.2) is 32.9 Å². The second-order valence-corrected chi connectivity index (χ2v) is 6.40. The zero-order valence-electron chi connectivity index (χ0n) is 13.1. The molecule has 0 spiro atoms. The fraction of sp³-hybridized carbons (Fsp3) is 0.588. The molecule has 1 saturated heterocycles. The van der Waals surface area contributed by atoms with Gasteiger partial charge in [0.2, 0.25) is 0 Å². The summed E-state index contributed by atoms with van der Waals surface area (Å²) >= 11 is 0. The lowest BCUT2D eigenvalue weighted by molar-refractivity contribution is 0.110. The number of rotatable bonds is 4. The lowest BCUT2D eigenvalue weighted by atomic mass is 9.97. The van der Waals surface area contributed by atoms with Crippen molar-refractivity contribution in [2.24, 2.45) is 5.73 Å². The zero-order chi connectivity index (χ0) is 14.8. The Kier molecular flexibility index (Phi) is 4.27. The van der Waals surface area contributed by atoms with E-state index in [1.54, 1.807) is 0 Å². The fourth-order valence-electron chi connectivity index (χ4n) is 3.49. The van der Waals surface area contributed by atoms with E-state index < -0.39 is 0 Å². The van der Waals surface area contributed by atoms with E-state index in [9.17, 15) is 0 Å². The molecule has 2 aromatic rings. The first-order chi connectivity index (χ1) is 10.2. The summed E-state index contributed by atoms with van der Waals surface area (Å²) in [7, 11) is 0. The normalized spacial score (nSPS) is 20.5. The van der Waals surface area contributed by atoms with Crippen molar-refractivity contribution < 1.29 is 0 Å². The van der Waals surface area contributed by atoms with Crippen LogP contribution in [0.3, 0.4) is 0 Å². The van der Waals surface area contributed by atoms with Gasteiger partial charge in [0.15, 0.2) is 0 Å². The average molecular weight is 286 g/mol. The summed E-state index contributed by atoms with van der Waals surface area (Å²) in [6.07, 6.45) is 9.09. The van der Waals surface area contributed by atoms with Crippen LogP contribution in [0.15, 0.2) is 24.5 Å². The number of fused-ring (bicyclic) bond motifs is 1. The predicted molar refractivity (Wildman–Crippen MR) is 86.3 cm³/mol. The highest BCUT2D eigenvalue weighted by molar-refractivity contribution is 5.47. The van der Waals surface area contributed by atoms with Crippen LogP contribution in [0, 0.1) is 0 Å². The van der Waals surface area contributed by atoms with Crippen LogP contribution >= 0.6 is 0 Å². The Morgan fingerprint density at radius 3 is 2.95 bits per heavy atom. The lowest BCUT2D eigenvalue weighted by Crippen LogP contribution is -2.45. The molecule has 3 heterocycles. The molecule has 0 bridgehead atoms. The Balaban J connectivity index is 1.86. The summed E-state index contributed by atoms with van der Waals surface area (Å²) in [5.41, 5.74) is 8.08. The molecule has 0 radical (unpaired) electrons. The van der Waals surface area contributed by atoms with Gasteiger partial charge in [-0.05, 0) is 44.9 Å². The van der Waals surface area contributed by atoms with Gasteiger partial charge in [-0.3, -0.25) is 4.90 Å². The molecule has 4 heteroatoms. The van der Waals surface area contributed by atoms with Crippen LogP contribution < -0.4 is 5.73 Å². The van der Waals surface area contributed by atoms with Crippen LogP contribution in [0.25, 0.3) is 5.52 Å². The van der Waals surface area contributed by atoms with Gasteiger partial charge in [0.1, 0.15) is 5.82 Å². The van der Waals surface area contributed by atoms with Crippen LogP contribution in [0.5, 0.6) is 0 Å². The van der Waals surface area contributed by atoms with Crippen molar-refractivity contribution in [3.05, 3.63) is 35.9 Å². The zero-order valence-corrected chi connectivity index (χ0v) is 13.1. The van der Waals surface area contributed by atoms with Crippen LogP contribution in [0.4, 0.5) is 0 Å². The van der Waals surface area contributed by atoms with Gasteiger partial charge in [0, 0.05) is 31.2 Å². The molecule has 0 aromatic carbocycles. The summed E-state index contributed by atoms with van der Waals surface area (Å²) in [4.78, 5) is 7.29. The molecule has 1 aliphatic rings. The minimum absolute atomic E-state index is 0.578. The third kappa shape index (κ3) is 2.97. The molecular formula is C17H26N4. The highest BCUT2D eigenvalue weighted by Gasteiger charge is 2.25. The van der Waals surface area contributed by atoms with Crippen molar-refractivity contribution in [1.82, 2.24) is 14.3 Å². The number of pyridine rings is 1. The van der Waals surface area contributed by atoms with Gasteiger partial charge in [0.25, 0.3) is 0 Å². The quantitative estimate of drug-likeness (QED) is 0.939. The van der Waals surface area contributed by atoms with Gasteiger partial charge in [-0.2, -0.15) is 0 Å². The van der Waals surface area contributed by atoms with Crippen molar-refractivity contribution in [2.75, 3.05) is 6.54 Å². The number of nitrogens with zero attached hydrogens (tertiary/aromatic N) is 3. The largest absolute Gasteiger partial charge is 0.326 e. The standard InChI is InChI=1S/C17H26N4/c1-13(2)20-8-4-3-5-15(20)9-17-19-11-16-7-6-14(10-18)12-21(16)17/h6-7,11-13,15H,3-5,8-10,18H2,1-2H3. The maximum Gasteiger partial charge on any atom is 0.114 e. The average Bonchev–Trinajstić information content (AvgIpc) is 2.90. The highest BCUT2D eigenvalue weighted by Crippen LogP contribution is 2.23. The number of imidazole rings is 1. The summed E-state index contributed by atoms with van der Waals surface area (Å²) in [5, 5.41) is 0. The van der Waals surface area contributed by atoms with Gasteiger partial charge in [-0.1, -0.05) is 12.5 Å². The molecule has 4 nitrogen and oxygen atoms in total. The number of aromatic nitrogens is 2. The van der Waals surface area contributed by atoms with E-state index in [2.05, 4.69) is 46.5 Å². The van der Waals surface area contributed by atoms with Gasteiger partial charge < -0.3 is 10.1 Å². The predicted octanol–water partition coefficient (Wildman–Crippen LogP) is 2.60. The molecule has 1 aliphatic heterocycles. The molecule has 2 N–H and O–H groups in total. The molecule has 2 aromatic heterocycles. The molecule has 1 atom stereocenters. The third-order valence-electron chi connectivity index (χ3n) is 4.66. The molecule has 21 heavy (non-hydrogen) atoms. The smallest absolute Gasteiger partial charge is 0.114 e. The minimum atomic E-state index is 0.578. The Hall–Kier alpha value is -1.39. The lowest BCUT2D eigenvalue weighted by Gasteiger charge is -2.38. The van der Waals surface area contributed by atoms with Gasteiger partial charge in [0.05, 0.1) is 11.7 Å². The number of nitrogens with two attached hydrogens (primary N) is 1. The summed E-state index contributed by atoms with van der Waals surface area (Å²) < 4.78 is 2.22.